The second kappa shape index (κ2) is 7.61. The second-order valence-corrected chi connectivity index (χ2v) is 7.30. The summed E-state index contributed by atoms with van der Waals surface area (Å²) >= 11 is 6.26. The highest BCUT2D eigenvalue weighted by molar-refractivity contribution is 6.31. The van der Waals surface area contributed by atoms with Crippen molar-refractivity contribution in [2.75, 3.05) is 5.32 Å². The third-order valence-corrected chi connectivity index (χ3v) is 5.44. The number of nitrogens with one attached hydrogen (secondary N) is 1. The van der Waals surface area contributed by atoms with E-state index in [0.717, 1.165) is 28.2 Å². The Labute approximate surface area is 178 Å². The first kappa shape index (κ1) is 19.6. The smallest absolute Gasteiger partial charge is 0.159 e. The van der Waals surface area contributed by atoms with E-state index in [1.807, 2.05) is 44.6 Å². The lowest BCUT2D eigenvalue weighted by Gasteiger charge is -2.07. The van der Waals surface area contributed by atoms with Crippen molar-refractivity contribution in [3.05, 3.63) is 64.2 Å². The van der Waals surface area contributed by atoms with Crippen LogP contribution in [0.4, 0.5) is 11.6 Å². The Morgan fingerprint density at radius 2 is 1.80 bits per heavy atom. The van der Waals surface area contributed by atoms with Crippen LogP contribution in [0.5, 0.6) is 0 Å². The summed E-state index contributed by atoms with van der Waals surface area (Å²) in [7, 11) is 1.88. The van der Waals surface area contributed by atoms with Crippen LogP contribution >= 0.6 is 11.6 Å². The van der Waals surface area contributed by atoms with Gasteiger partial charge in [0.2, 0.25) is 0 Å². The number of anilines is 2. The van der Waals surface area contributed by atoms with Crippen molar-refractivity contribution in [3.8, 4) is 23.1 Å². The average Bonchev–Trinajstić information content (AvgIpc) is 3.17. The number of aryl methyl sites for hydroxylation is 2. The van der Waals surface area contributed by atoms with Gasteiger partial charge in [0.05, 0.1) is 33.7 Å². The number of nitrogens with zero attached hydrogens (tertiary/aromatic N) is 7. The highest BCUT2D eigenvalue weighted by Gasteiger charge is 2.16. The van der Waals surface area contributed by atoms with Gasteiger partial charge in [0.15, 0.2) is 11.6 Å². The number of hydrogen-bond acceptors (Lipinski definition) is 6. The van der Waals surface area contributed by atoms with Crippen LogP contribution in [0, 0.1) is 32.1 Å². The Bertz CT molecular complexity index is 1280. The van der Waals surface area contributed by atoms with Crippen molar-refractivity contribution in [1.29, 1.82) is 5.26 Å². The molecule has 8 nitrogen and oxygen atoms in total. The van der Waals surface area contributed by atoms with Crippen LogP contribution in [0.3, 0.4) is 0 Å². The molecule has 0 atom stereocenters. The highest BCUT2D eigenvalue weighted by atomic mass is 35.5. The lowest BCUT2D eigenvalue weighted by atomic mass is 10.1. The van der Waals surface area contributed by atoms with E-state index in [9.17, 15) is 0 Å². The van der Waals surface area contributed by atoms with Gasteiger partial charge in [-0.15, -0.1) is 0 Å². The van der Waals surface area contributed by atoms with E-state index in [0.29, 0.717) is 28.0 Å². The maximum absolute atomic E-state index is 9.01. The topological polar surface area (TPSA) is 97.2 Å². The van der Waals surface area contributed by atoms with Crippen LogP contribution in [-0.2, 0) is 7.05 Å². The van der Waals surface area contributed by atoms with Crippen molar-refractivity contribution in [3.63, 3.8) is 0 Å². The van der Waals surface area contributed by atoms with Gasteiger partial charge in [0.25, 0.3) is 0 Å². The first-order valence-electron chi connectivity index (χ1n) is 9.24. The fraction of sp³-hybridized carbons (Fsp3) is 0.190. The largest absolute Gasteiger partial charge is 0.323 e. The fourth-order valence-corrected chi connectivity index (χ4v) is 3.47. The molecule has 0 spiro atoms. The van der Waals surface area contributed by atoms with Gasteiger partial charge in [0, 0.05) is 24.2 Å². The second-order valence-electron chi connectivity index (χ2n) is 6.92. The van der Waals surface area contributed by atoms with Gasteiger partial charge in [-0.05, 0) is 32.9 Å². The Kier molecular flexibility index (Phi) is 4.98. The molecule has 0 unspecified atom stereocenters. The Balaban J connectivity index is 1.67. The molecule has 0 amide bonds. The number of rotatable bonds is 4. The summed E-state index contributed by atoms with van der Waals surface area (Å²) in [5.74, 6) is 1.89. The summed E-state index contributed by atoms with van der Waals surface area (Å²) < 4.78 is 3.50. The zero-order valence-corrected chi connectivity index (χ0v) is 17.7. The van der Waals surface area contributed by atoms with Gasteiger partial charge >= 0.3 is 0 Å². The molecular formula is C21H19ClN8. The summed E-state index contributed by atoms with van der Waals surface area (Å²) in [4.78, 5) is 8.63. The molecule has 4 aromatic rings. The summed E-state index contributed by atoms with van der Waals surface area (Å²) in [6.45, 7) is 5.74. The molecule has 30 heavy (non-hydrogen) atoms. The number of hydrogen-bond donors (Lipinski definition) is 1. The van der Waals surface area contributed by atoms with Crippen LogP contribution < -0.4 is 5.32 Å². The summed E-state index contributed by atoms with van der Waals surface area (Å²) in [5, 5.41) is 21.9. The minimum atomic E-state index is 0.594. The summed E-state index contributed by atoms with van der Waals surface area (Å²) in [6, 6.07) is 11.4. The summed E-state index contributed by atoms with van der Waals surface area (Å²) in [6.07, 6.45) is 1.47. The van der Waals surface area contributed by atoms with E-state index in [1.165, 1.54) is 6.33 Å². The third kappa shape index (κ3) is 3.40. The van der Waals surface area contributed by atoms with Gasteiger partial charge in [-0.3, -0.25) is 4.68 Å². The van der Waals surface area contributed by atoms with E-state index < -0.39 is 0 Å². The fourth-order valence-electron chi connectivity index (χ4n) is 3.35. The van der Waals surface area contributed by atoms with Gasteiger partial charge in [0.1, 0.15) is 12.1 Å². The number of benzene rings is 1. The average molecular weight is 419 g/mol. The third-order valence-electron chi connectivity index (χ3n) is 4.89. The molecule has 9 heteroatoms. The van der Waals surface area contributed by atoms with E-state index in [4.69, 9.17) is 16.9 Å². The SMILES string of the molecule is Cc1nn(-c2cc(Nc3nn(C)c(-c4ccc(C#N)cc4)c3C)ncn2)c(C)c1Cl. The zero-order valence-electron chi connectivity index (χ0n) is 17.0. The quantitative estimate of drug-likeness (QED) is 0.531. The molecular weight excluding hydrogens is 400 g/mol. The van der Waals surface area contributed by atoms with Crippen molar-refractivity contribution in [2.45, 2.75) is 20.8 Å². The van der Waals surface area contributed by atoms with E-state index in [-0.39, 0.29) is 0 Å². The molecule has 0 aliphatic rings. The first-order valence-corrected chi connectivity index (χ1v) is 9.62. The molecule has 1 N–H and O–H groups in total. The lowest BCUT2D eigenvalue weighted by molar-refractivity contribution is 0.778. The maximum Gasteiger partial charge on any atom is 0.159 e. The standard InChI is InChI=1S/C21H19ClN8/c1-12-20(16-7-5-15(10-23)6-8-16)29(4)28-21(12)26-17-9-18(25-11-24-17)30-14(3)19(22)13(2)27-30/h5-9,11H,1-4H3,(H,24,25,26,28). The Hall–Kier alpha value is -3.70. The molecule has 3 heterocycles. The predicted molar refractivity (Wildman–Crippen MR) is 115 cm³/mol. The zero-order chi connectivity index (χ0) is 21.4. The number of halogens is 1. The summed E-state index contributed by atoms with van der Waals surface area (Å²) in [5.41, 5.74) is 5.09. The first-order chi connectivity index (χ1) is 14.4. The predicted octanol–water partition coefficient (Wildman–Crippen LogP) is 4.26. The van der Waals surface area contributed by atoms with E-state index in [1.54, 1.807) is 22.9 Å². The van der Waals surface area contributed by atoms with Crippen molar-refractivity contribution >= 4 is 23.2 Å². The molecule has 0 bridgehead atoms. The van der Waals surface area contributed by atoms with Crippen molar-refractivity contribution in [2.24, 2.45) is 7.05 Å². The Morgan fingerprint density at radius 1 is 1.07 bits per heavy atom. The molecule has 4 rings (SSSR count). The van der Waals surface area contributed by atoms with Crippen molar-refractivity contribution < 1.29 is 0 Å². The molecule has 1 aromatic carbocycles. The van der Waals surface area contributed by atoms with E-state index >= 15 is 0 Å². The maximum atomic E-state index is 9.01. The Morgan fingerprint density at radius 3 is 2.43 bits per heavy atom. The van der Waals surface area contributed by atoms with Crippen LogP contribution in [0.25, 0.3) is 17.1 Å². The molecule has 0 aliphatic carbocycles. The van der Waals surface area contributed by atoms with Crippen molar-refractivity contribution in [1.82, 2.24) is 29.5 Å². The molecule has 0 aliphatic heterocycles. The molecule has 0 saturated heterocycles. The normalized spacial score (nSPS) is 10.8. The van der Waals surface area contributed by atoms with Gasteiger partial charge in [-0.25, -0.2) is 14.6 Å². The molecule has 150 valence electrons. The molecule has 0 saturated carbocycles. The number of nitriles is 1. The lowest BCUT2D eigenvalue weighted by Crippen LogP contribution is -2.04. The minimum Gasteiger partial charge on any atom is -0.323 e. The van der Waals surface area contributed by atoms with Crippen LogP contribution in [0.1, 0.15) is 22.5 Å². The van der Waals surface area contributed by atoms with Crippen LogP contribution in [0.2, 0.25) is 5.02 Å². The van der Waals surface area contributed by atoms with Gasteiger partial charge < -0.3 is 5.32 Å². The van der Waals surface area contributed by atoms with E-state index in [2.05, 4.69) is 31.6 Å². The highest BCUT2D eigenvalue weighted by Crippen LogP contribution is 2.30. The van der Waals surface area contributed by atoms with Crippen LogP contribution in [0.15, 0.2) is 36.7 Å². The number of aromatic nitrogens is 6. The van der Waals surface area contributed by atoms with Crippen LogP contribution in [-0.4, -0.2) is 29.5 Å². The monoisotopic (exact) mass is 418 g/mol. The van der Waals surface area contributed by atoms with Gasteiger partial charge in [-0.2, -0.15) is 15.5 Å². The molecule has 3 aromatic heterocycles. The van der Waals surface area contributed by atoms with Gasteiger partial charge in [-0.1, -0.05) is 23.7 Å². The molecule has 0 fully saturated rings. The molecule has 0 radical (unpaired) electrons. The minimum absolute atomic E-state index is 0.594.